The molecular weight excluding hydrogens is 290 g/mol. The van der Waals surface area contributed by atoms with Crippen molar-refractivity contribution in [2.75, 3.05) is 53.2 Å². The highest BCUT2D eigenvalue weighted by Crippen LogP contribution is 2.14. The normalized spacial score (nSPS) is 11.1. The van der Waals surface area contributed by atoms with Crippen LogP contribution in [0.4, 0.5) is 5.69 Å². The summed E-state index contributed by atoms with van der Waals surface area (Å²) in [7, 11) is 9.51. The van der Waals surface area contributed by atoms with Gasteiger partial charge >= 0.3 is 0 Å². The largest absolute Gasteiger partial charge is 0.378 e. The van der Waals surface area contributed by atoms with Crippen LogP contribution in [0.2, 0.25) is 0 Å². The quantitative estimate of drug-likeness (QED) is 0.633. The maximum absolute atomic E-state index is 11.7. The third-order valence-corrected chi connectivity index (χ3v) is 3.41. The van der Waals surface area contributed by atoms with Gasteiger partial charge in [-0.1, -0.05) is 12.1 Å². The van der Waals surface area contributed by atoms with Crippen molar-refractivity contribution in [3.8, 4) is 0 Å². The number of hydrogen-bond acceptors (Lipinski definition) is 3. The zero-order valence-electron chi connectivity index (χ0n) is 15.1. The Hall–Kier alpha value is -2.24. The number of likely N-dealkylation sites (N-methyl/N-ethyl adjacent to an activating group) is 1. The molecular formula is C17H29N5O. The molecule has 0 aromatic heterocycles. The molecule has 0 fully saturated rings. The minimum Gasteiger partial charge on any atom is -0.378 e. The molecule has 1 N–H and O–H groups in total. The van der Waals surface area contributed by atoms with Gasteiger partial charge in [-0.2, -0.15) is 0 Å². The Morgan fingerprint density at radius 3 is 2.43 bits per heavy atom. The number of nitrogens with one attached hydrogen (secondary N) is 1. The lowest BCUT2D eigenvalue weighted by Gasteiger charge is -2.23. The van der Waals surface area contributed by atoms with E-state index in [1.165, 1.54) is 11.3 Å². The number of benzene rings is 1. The van der Waals surface area contributed by atoms with Crippen molar-refractivity contribution in [1.82, 2.24) is 15.1 Å². The highest BCUT2D eigenvalue weighted by molar-refractivity contribution is 5.84. The molecule has 1 aromatic rings. The van der Waals surface area contributed by atoms with Gasteiger partial charge in [0.05, 0.1) is 0 Å². The summed E-state index contributed by atoms with van der Waals surface area (Å²) in [4.78, 5) is 21.8. The highest BCUT2D eigenvalue weighted by atomic mass is 16.2. The summed E-state index contributed by atoms with van der Waals surface area (Å²) in [5, 5.41) is 3.23. The summed E-state index contributed by atoms with van der Waals surface area (Å²) < 4.78 is 0. The summed E-state index contributed by atoms with van der Waals surface area (Å²) in [6.07, 6.45) is 0. The molecule has 0 heterocycles. The number of carbonyl (C=O) groups excluding carboxylic acids is 1. The topological polar surface area (TPSA) is 51.2 Å². The van der Waals surface area contributed by atoms with Gasteiger partial charge in [-0.25, -0.2) is 4.99 Å². The lowest BCUT2D eigenvalue weighted by atomic mass is 10.2. The summed E-state index contributed by atoms with van der Waals surface area (Å²) in [6.45, 7) is 3.65. The first-order valence-electron chi connectivity index (χ1n) is 7.81. The number of guanidine groups is 1. The van der Waals surface area contributed by atoms with E-state index in [1.54, 1.807) is 19.0 Å². The van der Waals surface area contributed by atoms with E-state index in [0.29, 0.717) is 0 Å². The van der Waals surface area contributed by atoms with E-state index in [9.17, 15) is 4.79 Å². The second-order valence-electron chi connectivity index (χ2n) is 5.88. The average Bonchev–Trinajstić information content (AvgIpc) is 2.51. The minimum absolute atomic E-state index is 0.0107. The molecule has 0 atom stereocenters. The van der Waals surface area contributed by atoms with Gasteiger partial charge in [-0.05, 0) is 24.6 Å². The van der Waals surface area contributed by atoms with Gasteiger partial charge in [0.25, 0.3) is 0 Å². The first kappa shape index (κ1) is 18.8. The molecule has 1 rings (SSSR count). The first-order valence-corrected chi connectivity index (χ1v) is 7.81. The third kappa shape index (κ3) is 6.18. The molecule has 0 saturated heterocycles. The van der Waals surface area contributed by atoms with E-state index in [4.69, 9.17) is 0 Å². The van der Waals surface area contributed by atoms with E-state index in [-0.39, 0.29) is 12.5 Å². The van der Waals surface area contributed by atoms with Crippen LogP contribution in [-0.4, -0.2) is 70.0 Å². The van der Waals surface area contributed by atoms with E-state index in [1.807, 2.05) is 33.0 Å². The molecule has 0 aliphatic heterocycles. The van der Waals surface area contributed by atoms with Crippen LogP contribution >= 0.6 is 0 Å². The van der Waals surface area contributed by atoms with Crippen LogP contribution < -0.4 is 10.2 Å². The Bertz CT molecular complexity index is 540. The molecule has 0 radical (unpaired) electrons. The Morgan fingerprint density at radius 1 is 1.17 bits per heavy atom. The fourth-order valence-electron chi connectivity index (χ4n) is 2.04. The van der Waals surface area contributed by atoms with Gasteiger partial charge in [0.15, 0.2) is 5.96 Å². The summed E-state index contributed by atoms with van der Waals surface area (Å²) >= 11 is 0. The second kappa shape index (κ2) is 9.02. The Balaban J connectivity index is 2.81. The number of hydrogen-bond donors (Lipinski definition) is 1. The minimum atomic E-state index is -0.0107. The van der Waals surface area contributed by atoms with Crippen molar-refractivity contribution < 1.29 is 4.79 Å². The van der Waals surface area contributed by atoms with Gasteiger partial charge in [0.1, 0.15) is 6.54 Å². The van der Waals surface area contributed by atoms with Crippen molar-refractivity contribution in [3.63, 3.8) is 0 Å². The monoisotopic (exact) mass is 319 g/mol. The van der Waals surface area contributed by atoms with Gasteiger partial charge in [-0.3, -0.25) is 4.79 Å². The number of aliphatic imine (C=N–C) groups is 1. The van der Waals surface area contributed by atoms with Crippen LogP contribution in [0, 0.1) is 0 Å². The summed E-state index contributed by atoms with van der Waals surface area (Å²) in [6, 6.07) is 8.39. The van der Waals surface area contributed by atoms with Crippen LogP contribution in [-0.2, 0) is 11.3 Å². The zero-order chi connectivity index (χ0) is 17.4. The molecule has 0 aliphatic carbocycles. The molecule has 6 nitrogen and oxygen atoms in total. The smallest absolute Gasteiger partial charge is 0.243 e. The maximum atomic E-state index is 11.7. The Kier molecular flexibility index (Phi) is 7.38. The van der Waals surface area contributed by atoms with Gasteiger partial charge in [0, 0.05) is 54.0 Å². The fraction of sp³-hybridized carbons (Fsp3) is 0.529. The third-order valence-electron chi connectivity index (χ3n) is 3.41. The lowest BCUT2D eigenvalue weighted by molar-refractivity contribution is -0.127. The molecule has 6 heteroatoms. The maximum Gasteiger partial charge on any atom is 0.243 e. The van der Waals surface area contributed by atoms with Crippen molar-refractivity contribution >= 4 is 17.6 Å². The molecule has 23 heavy (non-hydrogen) atoms. The van der Waals surface area contributed by atoms with Crippen LogP contribution in [0.25, 0.3) is 0 Å². The average molecular weight is 319 g/mol. The van der Waals surface area contributed by atoms with Crippen LogP contribution in [0.15, 0.2) is 29.3 Å². The van der Waals surface area contributed by atoms with Gasteiger partial charge in [-0.15, -0.1) is 0 Å². The fourth-order valence-corrected chi connectivity index (χ4v) is 2.04. The van der Waals surface area contributed by atoms with Crippen molar-refractivity contribution in [2.24, 2.45) is 4.99 Å². The highest BCUT2D eigenvalue weighted by Gasteiger charge is 2.09. The number of anilines is 1. The van der Waals surface area contributed by atoms with Crippen LogP contribution in [0.5, 0.6) is 0 Å². The predicted molar refractivity (Wildman–Crippen MR) is 96.9 cm³/mol. The predicted octanol–water partition coefficient (Wildman–Crippen LogP) is 1.24. The zero-order valence-corrected chi connectivity index (χ0v) is 15.1. The van der Waals surface area contributed by atoms with Crippen molar-refractivity contribution in [3.05, 3.63) is 29.8 Å². The number of amides is 1. The molecule has 0 bridgehead atoms. The molecule has 0 aliphatic rings. The number of carbonyl (C=O) groups is 1. The van der Waals surface area contributed by atoms with E-state index < -0.39 is 0 Å². The lowest BCUT2D eigenvalue weighted by Crippen LogP contribution is -2.39. The molecule has 128 valence electrons. The first-order chi connectivity index (χ1) is 10.8. The van der Waals surface area contributed by atoms with Crippen molar-refractivity contribution in [1.29, 1.82) is 0 Å². The Labute approximate surface area is 139 Å². The SMILES string of the molecule is CCNC(=NCC(=O)N(C)C)N(C)Cc1cccc(N(C)C)c1. The van der Waals surface area contributed by atoms with E-state index >= 15 is 0 Å². The molecule has 0 spiro atoms. The van der Waals surface area contributed by atoms with Crippen molar-refractivity contribution in [2.45, 2.75) is 13.5 Å². The summed E-state index contributed by atoms with van der Waals surface area (Å²) in [5.74, 6) is 0.723. The molecule has 1 amide bonds. The van der Waals surface area contributed by atoms with Crippen LogP contribution in [0.3, 0.4) is 0 Å². The van der Waals surface area contributed by atoms with E-state index in [0.717, 1.165) is 19.0 Å². The molecule has 1 aromatic carbocycles. The van der Waals surface area contributed by atoms with Gasteiger partial charge in [0.2, 0.25) is 5.91 Å². The molecule has 0 unspecified atom stereocenters. The van der Waals surface area contributed by atoms with E-state index in [2.05, 4.69) is 39.5 Å². The number of rotatable bonds is 6. The Morgan fingerprint density at radius 2 is 1.87 bits per heavy atom. The second-order valence-corrected chi connectivity index (χ2v) is 5.88. The summed E-state index contributed by atoms with van der Waals surface area (Å²) in [5.41, 5.74) is 2.36. The van der Waals surface area contributed by atoms with Crippen LogP contribution in [0.1, 0.15) is 12.5 Å². The number of nitrogens with zero attached hydrogens (tertiary/aromatic N) is 4. The molecule has 0 saturated carbocycles. The standard InChI is InChI=1S/C17H29N5O/c1-7-18-17(19-12-16(23)21(4)5)22(6)13-14-9-8-10-15(11-14)20(2)3/h8-11H,7,12-13H2,1-6H3,(H,18,19). The van der Waals surface area contributed by atoms with Gasteiger partial charge < -0.3 is 20.0 Å².